The molecule has 2 heterocycles. The van der Waals surface area contributed by atoms with Crippen LogP contribution in [0.4, 0.5) is 5.82 Å². The van der Waals surface area contributed by atoms with Gasteiger partial charge in [0, 0.05) is 18.9 Å². The number of anilines is 1. The molecule has 0 amide bonds. The lowest BCUT2D eigenvalue weighted by molar-refractivity contribution is 0.180. The van der Waals surface area contributed by atoms with Crippen molar-refractivity contribution in [3.8, 4) is 5.82 Å². The highest BCUT2D eigenvalue weighted by atomic mass is 16.5. The summed E-state index contributed by atoms with van der Waals surface area (Å²) in [6.45, 7) is 2.59. The smallest absolute Gasteiger partial charge is 0.155 e. The molecule has 0 bridgehead atoms. The SMILES string of the molecule is CCCc1c(COC)nn(-c2ccccn2)c1N. The van der Waals surface area contributed by atoms with Crippen LogP contribution in [0.25, 0.3) is 5.82 Å². The maximum atomic E-state index is 6.16. The summed E-state index contributed by atoms with van der Waals surface area (Å²) in [5, 5.41) is 4.49. The molecule has 0 unspecified atom stereocenters. The van der Waals surface area contributed by atoms with Crippen molar-refractivity contribution in [2.45, 2.75) is 26.4 Å². The zero-order valence-electron chi connectivity index (χ0n) is 10.8. The normalized spacial score (nSPS) is 10.8. The van der Waals surface area contributed by atoms with Crippen molar-refractivity contribution in [3.63, 3.8) is 0 Å². The van der Waals surface area contributed by atoms with E-state index >= 15 is 0 Å². The topological polar surface area (TPSA) is 66.0 Å². The molecule has 0 radical (unpaired) electrons. The number of nitrogen functional groups attached to an aromatic ring is 1. The maximum absolute atomic E-state index is 6.16. The number of hydrogen-bond acceptors (Lipinski definition) is 4. The van der Waals surface area contributed by atoms with E-state index in [9.17, 15) is 0 Å². The first kappa shape index (κ1) is 12.6. The number of nitrogens with zero attached hydrogens (tertiary/aromatic N) is 3. The first-order valence-corrected chi connectivity index (χ1v) is 6.04. The van der Waals surface area contributed by atoms with Gasteiger partial charge in [-0.05, 0) is 18.6 Å². The van der Waals surface area contributed by atoms with Crippen LogP contribution in [0.15, 0.2) is 24.4 Å². The Labute approximate surface area is 107 Å². The number of ether oxygens (including phenoxy) is 1. The Balaban J connectivity index is 2.46. The van der Waals surface area contributed by atoms with Gasteiger partial charge in [0.05, 0.1) is 12.3 Å². The van der Waals surface area contributed by atoms with Gasteiger partial charge in [0.25, 0.3) is 0 Å². The molecule has 0 spiro atoms. The Morgan fingerprint density at radius 1 is 1.39 bits per heavy atom. The summed E-state index contributed by atoms with van der Waals surface area (Å²) < 4.78 is 6.85. The summed E-state index contributed by atoms with van der Waals surface area (Å²) in [5.74, 6) is 1.39. The van der Waals surface area contributed by atoms with E-state index in [-0.39, 0.29) is 0 Å². The summed E-state index contributed by atoms with van der Waals surface area (Å²) >= 11 is 0. The van der Waals surface area contributed by atoms with Crippen molar-refractivity contribution in [2.24, 2.45) is 0 Å². The molecular weight excluding hydrogens is 228 g/mol. The summed E-state index contributed by atoms with van der Waals surface area (Å²) in [7, 11) is 1.66. The third-order valence-corrected chi connectivity index (χ3v) is 2.75. The molecule has 0 aliphatic heterocycles. The fourth-order valence-electron chi connectivity index (χ4n) is 1.94. The van der Waals surface area contributed by atoms with Gasteiger partial charge in [0.15, 0.2) is 5.82 Å². The van der Waals surface area contributed by atoms with Crippen LogP contribution in [0.3, 0.4) is 0 Å². The van der Waals surface area contributed by atoms with Crippen LogP contribution in [0.2, 0.25) is 0 Å². The molecule has 0 atom stereocenters. The fraction of sp³-hybridized carbons (Fsp3) is 0.385. The average molecular weight is 246 g/mol. The predicted molar refractivity (Wildman–Crippen MR) is 70.5 cm³/mol. The number of pyridine rings is 1. The van der Waals surface area contributed by atoms with Crippen molar-refractivity contribution in [1.29, 1.82) is 0 Å². The molecule has 0 saturated carbocycles. The minimum absolute atomic E-state index is 0.472. The third kappa shape index (κ3) is 2.36. The molecule has 96 valence electrons. The minimum atomic E-state index is 0.472. The standard InChI is InChI=1S/C13H18N4O/c1-3-6-10-11(9-18-2)16-17(13(10)14)12-7-4-5-8-15-12/h4-5,7-8H,3,6,9,14H2,1-2H3. The zero-order chi connectivity index (χ0) is 13.0. The Morgan fingerprint density at radius 2 is 2.22 bits per heavy atom. The molecule has 2 aromatic rings. The van der Waals surface area contributed by atoms with Crippen LogP contribution < -0.4 is 5.73 Å². The van der Waals surface area contributed by atoms with Crippen LogP contribution in [0.5, 0.6) is 0 Å². The third-order valence-electron chi connectivity index (χ3n) is 2.75. The van der Waals surface area contributed by atoms with E-state index in [1.165, 1.54) is 0 Å². The van der Waals surface area contributed by atoms with Gasteiger partial charge in [-0.2, -0.15) is 9.78 Å². The molecule has 0 aliphatic rings. The first-order valence-electron chi connectivity index (χ1n) is 6.04. The number of nitrogens with two attached hydrogens (primary N) is 1. The average Bonchev–Trinajstić information content (AvgIpc) is 2.70. The Kier molecular flexibility index (Phi) is 3.94. The molecule has 2 rings (SSSR count). The van der Waals surface area contributed by atoms with Gasteiger partial charge in [-0.15, -0.1) is 0 Å². The van der Waals surface area contributed by atoms with E-state index in [1.54, 1.807) is 18.0 Å². The highest BCUT2D eigenvalue weighted by molar-refractivity contribution is 5.48. The molecule has 0 saturated heterocycles. The second-order valence-corrected chi connectivity index (χ2v) is 4.09. The van der Waals surface area contributed by atoms with Gasteiger partial charge in [-0.3, -0.25) is 0 Å². The predicted octanol–water partition coefficient (Wildman–Crippen LogP) is 1.95. The molecule has 2 N–H and O–H groups in total. The van der Waals surface area contributed by atoms with Crippen LogP contribution in [-0.2, 0) is 17.8 Å². The van der Waals surface area contributed by atoms with Crippen LogP contribution in [-0.4, -0.2) is 21.9 Å². The lowest BCUT2D eigenvalue weighted by Crippen LogP contribution is -2.04. The molecule has 0 aromatic carbocycles. The molecule has 2 aromatic heterocycles. The van der Waals surface area contributed by atoms with Gasteiger partial charge >= 0.3 is 0 Å². The van der Waals surface area contributed by atoms with Crippen molar-refractivity contribution < 1.29 is 4.74 Å². The molecular formula is C13H18N4O. The van der Waals surface area contributed by atoms with E-state index < -0.39 is 0 Å². The van der Waals surface area contributed by atoms with Crippen molar-refractivity contribution in [3.05, 3.63) is 35.7 Å². The number of aromatic nitrogens is 3. The van der Waals surface area contributed by atoms with Gasteiger partial charge in [-0.25, -0.2) is 4.98 Å². The monoisotopic (exact) mass is 246 g/mol. The number of hydrogen-bond donors (Lipinski definition) is 1. The highest BCUT2D eigenvalue weighted by Crippen LogP contribution is 2.22. The van der Waals surface area contributed by atoms with Crippen molar-refractivity contribution >= 4 is 5.82 Å². The van der Waals surface area contributed by atoms with Crippen LogP contribution in [0, 0.1) is 0 Å². The van der Waals surface area contributed by atoms with Crippen LogP contribution >= 0.6 is 0 Å². The Bertz CT molecular complexity index is 507. The summed E-state index contributed by atoms with van der Waals surface area (Å²) in [5.41, 5.74) is 8.11. The van der Waals surface area contributed by atoms with Crippen LogP contribution in [0.1, 0.15) is 24.6 Å². The summed E-state index contributed by atoms with van der Waals surface area (Å²) in [6, 6.07) is 5.67. The lowest BCUT2D eigenvalue weighted by Gasteiger charge is -2.03. The number of rotatable bonds is 5. The molecule has 0 fully saturated rings. The second kappa shape index (κ2) is 5.64. The van der Waals surface area contributed by atoms with Gasteiger partial charge in [0.1, 0.15) is 5.82 Å². The quantitative estimate of drug-likeness (QED) is 0.875. The van der Waals surface area contributed by atoms with Gasteiger partial charge < -0.3 is 10.5 Å². The van der Waals surface area contributed by atoms with E-state index in [4.69, 9.17) is 10.5 Å². The number of methoxy groups -OCH3 is 1. The van der Waals surface area contributed by atoms with E-state index in [1.807, 2.05) is 18.2 Å². The Morgan fingerprint density at radius 3 is 2.83 bits per heavy atom. The molecule has 5 nitrogen and oxygen atoms in total. The molecule has 5 heteroatoms. The molecule has 0 aliphatic carbocycles. The molecule has 18 heavy (non-hydrogen) atoms. The van der Waals surface area contributed by atoms with E-state index in [0.29, 0.717) is 12.4 Å². The Hall–Kier alpha value is -1.88. The lowest BCUT2D eigenvalue weighted by atomic mass is 10.1. The second-order valence-electron chi connectivity index (χ2n) is 4.09. The maximum Gasteiger partial charge on any atom is 0.155 e. The van der Waals surface area contributed by atoms with Crippen molar-refractivity contribution in [1.82, 2.24) is 14.8 Å². The van der Waals surface area contributed by atoms with Crippen molar-refractivity contribution in [2.75, 3.05) is 12.8 Å². The van der Waals surface area contributed by atoms with E-state index in [2.05, 4.69) is 17.0 Å². The summed E-state index contributed by atoms with van der Waals surface area (Å²) in [4.78, 5) is 4.26. The van der Waals surface area contributed by atoms with E-state index in [0.717, 1.165) is 29.9 Å². The largest absolute Gasteiger partial charge is 0.383 e. The summed E-state index contributed by atoms with van der Waals surface area (Å²) in [6.07, 6.45) is 3.65. The zero-order valence-corrected chi connectivity index (χ0v) is 10.8. The minimum Gasteiger partial charge on any atom is -0.383 e. The van der Waals surface area contributed by atoms with Gasteiger partial charge in [-0.1, -0.05) is 19.4 Å². The highest BCUT2D eigenvalue weighted by Gasteiger charge is 2.16. The first-order chi connectivity index (χ1) is 8.77. The van der Waals surface area contributed by atoms with Gasteiger partial charge in [0.2, 0.25) is 0 Å². The fourth-order valence-corrected chi connectivity index (χ4v) is 1.94.